The van der Waals surface area contributed by atoms with Gasteiger partial charge in [-0.25, -0.2) is 0 Å². The van der Waals surface area contributed by atoms with E-state index in [1.807, 2.05) is 25.7 Å². The van der Waals surface area contributed by atoms with Crippen LogP contribution in [0.1, 0.15) is 40.0 Å². The molecule has 0 aromatic rings. The van der Waals surface area contributed by atoms with Gasteiger partial charge >= 0.3 is 5.97 Å². The smallest absolute Gasteiger partial charge is 0.304 e. The van der Waals surface area contributed by atoms with Crippen LogP contribution in [0, 0.1) is 5.92 Å². The molecule has 1 amide bonds. The van der Waals surface area contributed by atoms with E-state index in [2.05, 4.69) is 5.32 Å². The summed E-state index contributed by atoms with van der Waals surface area (Å²) in [6, 6.07) is 0.153. The van der Waals surface area contributed by atoms with E-state index in [-0.39, 0.29) is 18.4 Å². The quantitative estimate of drug-likeness (QED) is 0.682. The van der Waals surface area contributed by atoms with Crippen LogP contribution in [0.3, 0.4) is 0 Å². The SMILES string of the molecule is CC(C)CNC(=O)C(C)N(CCC(=O)O)C1CC1. The van der Waals surface area contributed by atoms with E-state index in [4.69, 9.17) is 5.11 Å². The van der Waals surface area contributed by atoms with Gasteiger partial charge in [0.2, 0.25) is 5.91 Å². The number of carbonyl (C=O) groups excluding carboxylic acids is 1. The highest BCUT2D eigenvalue weighted by molar-refractivity contribution is 5.81. The van der Waals surface area contributed by atoms with Crippen LogP contribution in [-0.2, 0) is 9.59 Å². The summed E-state index contributed by atoms with van der Waals surface area (Å²) in [5.74, 6) is -0.383. The highest BCUT2D eigenvalue weighted by Crippen LogP contribution is 2.28. The normalized spacial score (nSPS) is 16.9. The van der Waals surface area contributed by atoms with Crippen molar-refractivity contribution in [1.82, 2.24) is 10.2 Å². The molecule has 1 aliphatic carbocycles. The number of nitrogens with zero attached hydrogens (tertiary/aromatic N) is 1. The molecule has 1 unspecified atom stereocenters. The second kappa shape index (κ2) is 6.73. The Morgan fingerprint density at radius 3 is 2.39 bits per heavy atom. The van der Waals surface area contributed by atoms with Gasteiger partial charge < -0.3 is 10.4 Å². The number of carboxylic acids is 1. The van der Waals surface area contributed by atoms with Gasteiger partial charge in [0.1, 0.15) is 0 Å². The van der Waals surface area contributed by atoms with Crippen molar-refractivity contribution < 1.29 is 14.7 Å². The van der Waals surface area contributed by atoms with Crippen LogP contribution in [0.2, 0.25) is 0 Å². The zero-order chi connectivity index (χ0) is 13.7. The lowest BCUT2D eigenvalue weighted by atomic mass is 10.2. The lowest BCUT2D eigenvalue weighted by molar-refractivity contribution is -0.138. The predicted molar refractivity (Wildman–Crippen MR) is 69.3 cm³/mol. The first-order chi connectivity index (χ1) is 8.41. The van der Waals surface area contributed by atoms with Gasteiger partial charge in [0.15, 0.2) is 0 Å². The molecular formula is C13H24N2O3. The van der Waals surface area contributed by atoms with Gasteiger partial charge in [-0.2, -0.15) is 0 Å². The van der Waals surface area contributed by atoms with Crippen molar-refractivity contribution in [2.45, 2.75) is 52.1 Å². The van der Waals surface area contributed by atoms with Crippen molar-refractivity contribution in [2.75, 3.05) is 13.1 Å². The van der Waals surface area contributed by atoms with Gasteiger partial charge in [-0.1, -0.05) is 13.8 Å². The maximum Gasteiger partial charge on any atom is 0.304 e. The van der Waals surface area contributed by atoms with E-state index in [0.717, 1.165) is 12.8 Å². The molecule has 5 nitrogen and oxygen atoms in total. The topological polar surface area (TPSA) is 69.6 Å². The minimum Gasteiger partial charge on any atom is -0.481 e. The Kier molecular flexibility index (Phi) is 5.59. The molecule has 1 rings (SSSR count). The summed E-state index contributed by atoms with van der Waals surface area (Å²) in [5.41, 5.74) is 0. The molecule has 104 valence electrons. The third-order valence-electron chi connectivity index (χ3n) is 3.16. The summed E-state index contributed by atoms with van der Waals surface area (Å²) in [5, 5.41) is 11.6. The number of amides is 1. The zero-order valence-electron chi connectivity index (χ0n) is 11.5. The third kappa shape index (κ3) is 5.04. The van der Waals surface area contributed by atoms with E-state index >= 15 is 0 Å². The Labute approximate surface area is 109 Å². The van der Waals surface area contributed by atoms with Crippen LogP contribution in [0.5, 0.6) is 0 Å². The second-order valence-electron chi connectivity index (χ2n) is 5.43. The Balaban J connectivity index is 2.45. The molecule has 0 bridgehead atoms. The van der Waals surface area contributed by atoms with Crippen LogP contribution in [0.15, 0.2) is 0 Å². The number of hydrogen-bond acceptors (Lipinski definition) is 3. The van der Waals surface area contributed by atoms with Gasteiger partial charge in [-0.3, -0.25) is 14.5 Å². The number of aliphatic carboxylic acids is 1. The summed E-state index contributed by atoms with van der Waals surface area (Å²) < 4.78 is 0. The van der Waals surface area contributed by atoms with Gasteiger partial charge in [0, 0.05) is 19.1 Å². The third-order valence-corrected chi connectivity index (χ3v) is 3.16. The minimum absolute atomic E-state index is 0.000916. The van der Waals surface area contributed by atoms with Crippen molar-refractivity contribution in [3.63, 3.8) is 0 Å². The van der Waals surface area contributed by atoms with Crippen LogP contribution >= 0.6 is 0 Å². The van der Waals surface area contributed by atoms with Crippen LogP contribution in [-0.4, -0.2) is 47.1 Å². The first-order valence-electron chi connectivity index (χ1n) is 6.67. The van der Waals surface area contributed by atoms with E-state index in [1.54, 1.807) is 0 Å². The molecule has 0 aromatic carbocycles. The molecule has 1 aliphatic rings. The fourth-order valence-electron chi connectivity index (χ4n) is 1.93. The molecule has 0 aliphatic heterocycles. The Bertz CT molecular complexity index is 301. The van der Waals surface area contributed by atoms with Gasteiger partial charge in [-0.05, 0) is 25.7 Å². The molecule has 1 fully saturated rings. The second-order valence-corrected chi connectivity index (χ2v) is 5.43. The fraction of sp³-hybridized carbons (Fsp3) is 0.846. The van der Waals surface area contributed by atoms with Crippen molar-refractivity contribution in [2.24, 2.45) is 5.92 Å². The Morgan fingerprint density at radius 1 is 1.33 bits per heavy atom. The van der Waals surface area contributed by atoms with E-state index in [1.165, 1.54) is 0 Å². The van der Waals surface area contributed by atoms with Crippen molar-refractivity contribution in [3.8, 4) is 0 Å². The lowest BCUT2D eigenvalue weighted by Crippen LogP contribution is -2.47. The standard InChI is InChI=1S/C13H24N2O3/c1-9(2)8-14-13(18)10(3)15(11-4-5-11)7-6-12(16)17/h9-11H,4-8H2,1-3H3,(H,14,18)(H,16,17). The molecule has 0 aromatic heterocycles. The Hall–Kier alpha value is -1.10. The van der Waals surface area contributed by atoms with Gasteiger partial charge in [0.05, 0.1) is 12.5 Å². The molecule has 5 heteroatoms. The van der Waals surface area contributed by atoms with Crippen LogP contribution in [0.4, 0.5) is 0 Å². The summed E-state index contributed by atoms with van der Waals surface area (Å²) in [7, 11) is 0. The molecule has 0 radical (unpaired) electrons. The van der Waals surface area contributed by atoms with E-state index in [0.29, 0.717) is 25.0 Å². The fourth-order valence-corrected chi connectivity index (χ4v) is 1.93. The first-order valence-corrected chi connectivity index (χ1v) is 6.67. The maximum absolute atomic E-state index is 12.0. The monoisotopic (exact) mass is 256 g/mol. The number of carboxylic acid groups (broad SMARTS) is 1. The van der Waals surface area contributed by atoms with E-state index < -0.39 is 5.97 Å². The highest BCUT2D eigenvalue weighted by Gasteiger charge is 2.34. The predicted octanol–water partition coefficient (Wildman–Crippen LogP) is 1.09. The zero-order valence-corrected chi connectivity index (χ0v) is 11.5. The van der Waals surface area contributed by atoms with Crippen LogP contribution < -0.4 is 5.32 Å². The van der Waals surface area contributed by atoms with Gasteiger partial charge in [0.25, 0.3) is 0 Å². The number of rotatable bonds is 8. The first kappa shape index (κ1) is 15.0. The molecule has 0 saturated heterocycles. The van der Waals surface area contributed by atoms with Crippen LogP contribution in [0.25, 0.3) is 0 Å². The number of nitrogens with one attached hydrogen (secondary N) is 1. The molecule has 18 heavy (non-hydrogen) atoms. The van der Waals surface area contributed by atoms with Crippen molar-refractivity contribution in [3.05, 3.63) is 0 Å². The summed E-state index contributed by atoms with van der Waals surface area (Å²) in [4.78, 5) is 24.6. The average molecular weight is 256 g/mol. The molecule has 0 heterocycles. The maximum atomic E-state index is 12.0. The van der Waals surface area contributed by atoms with Gasteiger partial charge in [-0.15, -0.1) is 0 Å². The molecular weight excluding hydrogens is 232 g/mol. The summed E-state index contributed by atoms with van der Waals surface area (Å²) >= 11 is 0. The molecule has 0 spiro atoms. The number of carbonyl (C=O) groups is 2. The Morgan fingerprint density at radius 2 is 1.94 bits per heavy atom. The largest absolute Gasteiger partial charge is 0.481 e. The molecule has 1 atom stereocenters. The summed E-state index contributed by atoms with van der Waals surface area (Å²) in [6.07, 6.45) is 2.24. The molecule has 2 N–H and O–H groups in total. The minimum atomic E-state index is -0.810. The van der Waals surface area contributed by atoms with Crippen molar-refractivity contribution >= 4 is 11.9 Å². The highest BCUT2D eigenvalue weighted by atomic mass is 16.4. The lowest BCUT2D eigenvalue weighted by Gasteiger charge is -2.27. The van der Waals surface area contributed by atoms with E-state index in [9.17, 15) is 9.59 Å². The average Bonchev–Trinajstić information content (AvgIpc) is 3.09. The summed E-state index contributed by atoms with van der Waals surface area (Å²) in [6.45, 7) is 7.08. The van der Waals surface area contributed by atoms with Crippen molar-refractivity contribution in [1.29, 1.82) is 0 Å². The molecule has 1 saturated carbocycles. The number of hydrogen-bond donors (Lipinski definition) is 2.